The number of nitrogens with zero attached hydrogens (tertiary/aromatic N) is 2. The van der Waals surface area contributed by atoms with Gasteiger partial charge in [0.2, 0.25) is 0 Å². The molecule has 0 N–H and O–H groups in total. The molecule has 1 aromatic carbocycles. The third kappa shape index (κ3) is 2.92. The first-order valence-corrected chi connectivity index (χ1v) is 5.56. The molecule has 96 valence electrons. The molecule has 1 aromatic rings. The van der Waals surface area contributed by atoms with Gasteiger partial charge in [0.25, 0.3) is 5.91 Å². The first-order chi connectivity index (χ1) is 8.67. The van der Waals surface area contributed by atoms with Gasteiger partial charge < -0.3 is 14.4 Å². The van der Waals surface area contributed by atoms with Crippen molar-refractivity contribution >= 4 is 5.91 Å². The number of methoxy groups -OCH3 is 2. The number of benzene rings is 1. The Morgan fingerprint density at radius 1 is 1.33 bits per heavy atom. The lowest BCUT2D eigenvalue weighted by atomic mass is 10.1. The lowest BCUT2D eigenvalue weighted by Crippen LogP contribution is -2.31. The summed E-state index contributed by atoms with van der Waals surface area (Å²) in [6, 6.07) is 6.91. The lowest BCUT2D eigenvalue weighted by molar-refractivity contribution is 0.0783. The molecule has 5 nitrogen and oxygen atoms in total. The normalized spacial score (nSPS) is 9.44. The molecule has 0 aliphatic rings. The zero-order valence-electron chi connectivity index (χ0n) is 10.8. The number of nitriles is 1. The van der Waals surface area contributed by atoms with Crippen molar-refractivity contribution in [2.45, 2.75) is 6.92 Å². The molecule has 18 heavy (non-hydrogen) atoms. The van der Waals surface area contributed by atoms with Crippen LogP contribution in [0.2, 0.25) is 0 Å². The summed E-state index contributed by atoms with van der Waals surface area (Å²) in [6.07, 6.45) is 0. The Morgan fingerprint density at radius 2 is 2.00 bits per heavy atom. The summed E-state index contributed by atoms with van der Waals surface area (Å²) in [4.78, 5) is 13.6. The van der Waals surface area contributed by atoms with E-state index in [0.717, 1.165) is 0 Å². The Hall–Kier alpha value is -2.22. The second-order valence-electron chi connectivity index (χ2n) is 3.55. The summed E-state index contributed by atoms with van der Waals surface area (Å²) < 4.78 is 10.2. The molecule has 0 fully saturated rings. The van der Waals surface area contributed by atoms with E-state index in [1.807, 2.05) is 13.0 Å². The van der Waals surface area contributed by atoms with Crippen molar-refractivity contribution in [3.8, 4) is 17.6 Å². The second-order valence-corrected chi connectivity index (χ2v) is 3.55. The summed E-state index contributed by atoms with van der Waals surface area (Å²) in [5.74, 6) is 0.869. The number of hydrogen-bond donors (Lipinski definition) is 0. The molecule has 0 saturated carbocycles. The van der Waals surface area contributed by atoms with Gasteiger partial charge in [0.15, 0.2) is 11.5 Å². The predicted octanol–water partition coefficient (Wildman–Crippen LogP) is 1.69. The molecule has 0 heterocycles. The van der Waals surface area contributed by atoms with Crippen molar-refractivity contribution in [3.63, 3.8) is 0 Å². The molecule has 0 radical (unpaired) electrons. The van der Waals surface area contributed by atoms with Crippen LogP contribution < -0.4 is 9.47 Å². The number of ether oxygens (including phenoxy) is 2. The number of carbonyl (C=O) groups is 1. The Labute approximate surface area is 107 Å². The minimum absolute atomic E-state index is 0.0731. The lowest BCUT2D eigenvalue weighted by Gasteiger charge is -2.18. The molecule has 0 aliphatic carbocycles. The Kier molecular flexibility index (Phi) is 5.00. The van der Waals surface area contributed by atoms with Crippen LogP contribution in [0.15, 0.2) is 18.2 Å². The molecule has 0 bridgehead atoms. The number of hydrogen-bond acceptors (Lipinski definition) is 4. The van der Waals surface area contributed by atoms with Gasteiger partial charge in [-0.2, -0.15) is 5.26 Å². The average Bonchev–Trinajstić information content (AvgIpc) is 2.43. The van der Waals surface area contributed by atoms with E-state index in [9.17, 15) is 4.79 Å². The number of amides is 1. The largest absolute Gasteiger partial charge is 0.493 e. The van der Waals surface area contributed by atoms with Crippen LogP contribution in [-0.4, -0.2) is 38.1 Å². The zero-order chi connectivity index (χ0) is 13.5. The maximum atomic E-state index is 12.1. The molecule has 0 unspecified atom stereocenters. The molecule has 1 amide bonds. The predicted molar refractivity (Wildman–Crippen MR) is 66.7 cm³/mol. The topological polar surface area (TPSA) is 62.6 Å². The van der Waals surface area contributed by atoms with Crippen molar-refractivity contribution in [2.75, 3.05) is 27.3 Å². The second kappa shape index (κ2) is 6.50. The molecule has 0 saturated heterocycles. The zero-order valence-corrected chi connectivity index (χ0v) is 10.8. The van der Waals surface area contributed by atoms with E-state index in [1.165, 1.54) is 19.1 Å². The molecule has 0 atom stereocenters. The van der Waals surface area contributed by atoms with Crippen molar-refractivity contribution < 1.29 is 14.3 Å². The van der Waals surface area contributed by atoms with E-state index in [1.54, 1.807) is 18.2 Å². The fourth-order valence-electron chi connectivity index (χ4n) is 1.56. The van der Waals surface area contributed by atoms with Crippen LogP contribution in [-0.2, 0) is 0 Å². The van der Waals surface area contributed by atoms with E-state index >= 15 is 0 Å². The highest BCUT2D eigenvalue weighted by atomic mass is 16.5. The maximum absolute atomic E-state index is 12.1. The van der Waals surface area contributed by atoms with Crippen molar-refractivity contribution in [1.29, 1.82) is 5.26 Å². The van der Waals surface area contributed by atoms with Crippen molar-refractivity contribution in [1.82, 2.24) is 4.90 Å². The maximum Gasteiger partial charge on any atom is 0.254 e. The van der Waals surface area contributed by atoms with Crippen LogP contribution in [0.3, 0.4) is 0 Å². The van der Waals surface area contributed by atoms with Gasteiger partial charge in [0.1, 0.15) is 6.54 Å². The summed E-state index contributed by atoms with van der Waals surface area (Å²) in [5, 5.41) is 8.66. The molecular weight excluding hydrogens is 232 g/mol. The molecule has 0 aromatic heterocycles. The fourth-order valence-corrected chi connectivity index (χ4v) is 1.56. The van der Waals surface area contributed by atoms with Gasteiger partial charge in [-0.05, 0) is 25.1 Å². The van der Waals surface area contributed by atoms with E-state index < -0.39 is 0 Å². The Bertz CT molecular complexity index is 466. The Morgan fingerprint density at radius 3 is 2.50 bits per heavy atom. The van der Waals surface area contributed by atoms with Crippen LogP contribution >= 0.6 is 0 Å². The number of rotatable bonds is 5. The monoisotopic (exact) mass is 248 g/mol. The summed E-state index contributed by atoms with van der Waals surface area (Å²) in [7, 11) is 3.05. The van der Waals surface area contributed by atoms with Gasteiger partial charge in [-0.15, -0.1) is 0 Å². The highest BCUT2D eigenvalue weighted by molar-refractivity contribution is 5.95. The van der Waals surface area contributed by atoms with E-state index in [4.69, 9.17) is 14.7 Å². The minimum Gasteiger partial charge on any atom is -0.493 e. The minimum atomic E-state index is -0.194. The highest BCUT2D eigenvalue weighted by Crippen LogP contribution is 2.27. The van der Waals surface area contributed by atoms with E-state index in [-0.39, 0.29) is 12.5 Å². The average molecular weight is 248 g/mol. The molecule has 0 aliphatic heterocycles. The molecule has 0 spiro atoms. The molecule has 1 rings (SSSR count). The van der Waals surface area contributed by atoms with Gasteiger partial charge in [-0.25, -0.2) is 0 Å². The summed E-state index contributed by atoms with van der Waals surface area (Å²) in [5.41, 5.74) is 0.477. The van der Waals surface area contributed by atoms with Crippen molar-refractivity contribution in [3.05, 3.63) is 23.8 Å². The van der Waals surface area contributed by atoms with E-state index in [2.05, 4.69) is 0 Å². The van der Waals surface area contributed by atoms with Crippen molar-refractivity contribution in [2.24, 2.45) is 0 Å². The SMILES string of the molecule is CCN(CC#N)C(=O)c1ccc(OC)c(OC)c1. The third-order valence-electron chi connectivity index (χ3n) is 2.56. The number of carbonyl (C=O) groups excluding carboxylic acids is 1. The fraction of sp³-hybridized carbons (Fsp3) is 0.385. The highest BCUT2D eigenvalue weighted by Gasteiger charge is 2.16. The van der Waals surface area contributed by atoms with Gasteiger partial charge >= 0.3 is 0 Å². The van der Waals surface area contributed by atoms with E-state index in [0.29, 0.717) is 23.6 Å². The smallest absolute Gasteiger partial charge is 0.254 e. The quantitative estimate of drug-likeness (QED) is 0.744. The van der Waals surface area contributed by atoms with Gasteiger partial charge in [0.05, 0.1) is 20.3 Å². The van der Waals surface area contributed by atoms with Crippen LogP contribution in [0.1, 0.15) is 17.3 Å². The summed E-state index contributed by atoms with van der Waals surface area (Å²) >= 11 is 0. The van der Waals surface area contributed by atoms with Crippen LogP contribution in [0.5, 0.6) is 11.5 Å². The first kappa shape index (κ1) is 13.8. The first-order valence-electron chi connectivity index (χ1n) is 5.56. The van der Waals surface area contributed by atoms with Gasteiger partial charge in [-0.1, -0.05) is 0 Å². The summed E-state index contributed by atoms with van der Waals surface area (Å²) in [6.45, 7) is 2.39. The third-order valence-corrected chi connectivity index (χ3v) is 2.56. The standard InChI is InChI=1S/C13H16N2O3/c1-4-15(8-7-14)13(16)10-5-6-11(17-2)12(9-10)18-3/h5-6,9H,4,8H2,1-3H3. The molecule has 5 heteroatoms. The van der Waals surface area contributed by atoms with Crippen LogP contribution in [0, 0.1) is 11.3 Å². The Balaban J connectivity index is 3.03. The van der Waals surface area contributed by atoms with Gasteiger partial charge in [0, 0.05) is 12.1 Å². The van der Waals surface area contributed by atoms with Crippen LogP contribution in [0.25, 0.3) is 0 Å². The molecular formula is C13H16N2O3. The van der Waals surface area contributed by atoms with Crippen LogP contribution in [0.4, 0.5) is 0 Å². The van der Waals surface area contributed by atoms with Gasteiger partial charge in [-0.3, -0.25) is 4.79 Å².